The van der Waals surface area contributed by atoms with E-state index in [0.29, 0.717) is 16.4 Å². The van der Waals surface area contributed by atoms with Crippen molar-refractivity contribution in [1.29, 1.82) is 0 Å². The van der Waals surface area contributed by atoms with E-state index in [1.807, 2.05) is 24.3 Å². The van der Waals surface area contributed by atoms with Crippen LogP contribution >= 0.6 is 0 Å². The van der Waals surface area contributed by atoms with Gasteiger partial charge in [0.15, 0.2) is 9.84 Å². The number of sulfone groups is 1. The average Bonchev–Trinajstić information content (AvgIpc) is 3.14. The van der Waals surface area contributed by atoms with Crippen molar-refractivity contribution in [3.8, 4) is 0 Å². The average molecular weight is 370 g/mol. The van der Waals surface area contributed by atoms with Crippen molar-refractivity contribution in [2.75, 3.05) is 6.26 Å². The Balaban J connectivity index is 1.68. The molecule has 1 N–H and O–H groups in total. The normalized spacial score (nSPS) is 22.9. The topological polar surface area (TPSA) is 46.2 Å². The Morgan fingerprint density at radius 3 is 2.27 bits per heavy atom. The van der Waals surface area contributed by atoms with Gasteiger partial charge < -0.3 is 5.32 Å². The summed E-state index contributed by atoms with van der Waals surface area (Å²) in [5, 5.41) is 3.90. The molecule has 2 aromatic rings. The van der Waals surface area contributed by atoms with Gasteiger partial charge in [-0.3, -0.25) is 0 Å². The fourth-order valence-corrected chi connectivity index (χ4v) is 5.47. The third kappa shape index (κ3) is 3.33. The molecule has 2 aromatic carbocycles. The van der Waals surface area contributed by atoms with E-state index in [2.05, 4.69) is 29.6 Å². The lowest BCUT2D eigenvalue weighted by Gasteiger charge is -2.49. The number of rotatable bonds is 5. The van der Waals surface area contributed by atoms with Crippen LogP contribution in [0.15, 0.2) is 59.5 Å². The molecule has 0 aromatic heterocycles. The lowest BCUT2D eigenvalue weighted by molar-refractivity contribution is 0.0670. The van der Waals surface area contributed by atoms with Gasteiger partial charge in [-0.05, 0) is 54.4 Å². The molecule has 2 atom stereocenters. The maximum atomic E-state index is 12.0. The molecule has 2 saturated carbocycles. The largest absolute Gasteiger partial charge is 0.303 e. The molecule has 0 bridgehead atoms. The highest BCUT2D eigenvalue weighted by atomic mass is 32.2. The number of hydrogen-bond acceptors (Lipinski definition) is 3. The van der Waals surface area contributed by atoms with Crippen molar-refractivity contribution < 1.29 is 8.42 Å². The Morgan fingerprint density at radius 1 is 0.962 bits per heavy atom. The van der Waals surface area contributed by atoms with E-state index in [1.165, 1.54) is 50.3 Å². The van der Waals surface area contributed by atoms with Gasteiger partial charge in [-0.25, -0.2) is 8.42 Å². The standard InChI is InChI=1S/C22H27NO2S/c1-26(24,25)19-11-7-10-18(16-19)21(17-8-3-2-4-9-17)23-20-12-15-22(20)13-5-6-14-22/h2-4,7-11,16,20-21,23H,5-6,12-15H2,1H3. The number of hydrogen-bond donors (Lipinski definition) is 1. The molecule has 0 heterocycles. The smallest absolute Gasteiger partial charge is 0.175 e. The summed E-state index contributed by atoms with van der Waals surface area (Å²) in [6.45, 7) is 0. The summed E-state index contributed by atoms with van der Waals surface area (Å²) in [6.07, 6.45) is 9.17. The van der Waals surface area contributed by atoms with Crippen LogP contribution in [0.1, 0.15) is 55.7 Å². The molecule has 138 valence electrons. The monoisotopic (exact) mass is 369 g/mol. The maximum Gasteiger partial charge on any atom is 0.175 e. The quantitative estimate of drug-likeness (QED) is 0.844. The van der Waals surface area contributed by atoms with Gasteiger partial charge in [-0.1, -0.05) is 55.3 Å². The van der Waals surface area contributed by atoms with Gasteiger partial charge in [0.1, 0.15) is 0 Å². The van der Waals surface area contributed by atoms with E-state index < -0.39 is 9.84 Å². The first-order valence-electron chi connectivity index (χ1n) is 9.59. The lowest BCUT2D eigenvalue weighted by atomic mass is 9.63. The Bertz CT molecular complexity index is 870. The van der Waals surface area contributed by atoms with Crippen LogP contribution in [0.3, 0.4) is 0 Å². The van der Waals surface area contributed by atoms with E-state index in [1.54, 1.807) is 6.07 Å². The maximum absolute atomic E-state index is 12.0. The summed E-state index contributed by atoms with van der Waals surface area (Å²) in [5.74, 6) is 0. The highest BCUT2D eigenvalue weighted by Crippen LogP contribution is 2.53. The minimum absolute atomic E-state index is 0.0284. The molecule has 0 saturated heterocycles. The van der Waals surface area contributed by atoms with Gasteiger partial charge in [0.25, 0.3) is 0 Å². The summed E-state index contributed by atoms with van der Waals surface area (Å²) >= 11 is 0. The summed E-state index contributed by atoms with van der Waals surface area (Å²) in [5.41, 5.74) is 2.69. The summed E-state index contributed by atoms with van der Waals surface area (Å²) < 4.78 is 24.0. The van der Waals surface area contributed by atoms with Gasteiger partial charge in [0.2, 0.25) is 0 Å². The van der Waals surface area contributed by atoms with Crippen LogP contribution in [0.2, 0.25) is 0 Å². The predicted molar refractivity (Wildman–Crippen MR) is 105 cm³/mol. The third-order valence-corrected chi connectivity index (χ3v) is 7.50. The zero-order valence-corrected chi connectivity index (χ0v) is 16.1. The summed E-state index contributed by atoms with van der Waals surface area (Å²) in [7, 11) is -3.21. The van der Waals surface area contributed by atoms with Crippen molar-refractivity contribution in [3.63, 3.8) is 0 Å². The van der Waals surface area contributed by atoms with Crippen LogP contribution in [-0.4, -0.2) is 20.7 Å². The van der Waals surface area contributed by atoms with Gasteiger partial charge in [-0.15, -0.1) is 0 Å². The van der Waals surface area contributed by atoms with Crippen LogP contribution in [0.4, 0.5) is 0 Å². The molecule has 2 unspecified atom stereocenters. The van der Waals surface area contributed by atoms with Crippen LogP contribution in [0.5, 0.6) is 0 Å². The number of benzene rings is 2. The fraction of sp³-hybridized carbons (Fsp3) is 0.455. The highest BCUT2D eigenvalue weighted by Gasteiger charge is 2.48. The first-order valence-corrected chi connectivity index (χ1v) is 11.5. The van der Waals surface area contributed by atoms with E-state index in [0.717, 1.165) is 5.56 Å². The molecule has 0 aliphatic heterocycles. The molecule has 0 radical (unpaired) electrons. The zero-order valence-electron chi connectivity index (χ0n) is 15.3. The van der Waals surface area contributed by atoms with Crippen LogP contribution in [0, 0.1) is 5.41 Å². The fourth-order valence-electron chi connectivity index (χ4n) is 4.79. The van der Waals surface area contributed by atoms with E-state index in [9.17, 15) is 8.42 Å². The molecule has 1 spiro atoms. The highest BCUT2D eigenvalue weighted by molar-refractivity contribution is 7.90. The molecule has 4 heteroatoms. The van der Waals surface area contributed by atoms with E-state index in [-0.39, 0.29) is 6.04 Å². The molecular formula is C22H27NO2S. The Hall–Kier alpha value is -1.65. The van der Waals surface area contributed by atoms with Crippen molar-refractivity contribution in [2.24, 2.45) is 5.41 Å². The molecule has 0 amide bonds. The van der Waals surface area contributed by atoms with Crippen molar-refractivity contribution >= 4 is 9.84 Å². The van der Waals surface area contributed by atoms with Gasteiger partial charge in [0.05, 0.1) is 10.9 Å². The van der Waals surface area contributed by atoms with Crippen LogP contribution in [-0.2, 0) is 9.84 Å². The van der Waals surface area contributed by atoms with E-state index >= 15 is 0 Å². The Kier molecular flexibility index (Phi) is 4.66. The van der Waals surface area contributed by atoms with Gasteiger partial charge in [-0.2, -0.15) is 0 Å². The second-order valence-corrected chi connectivity index (χ2v) is 10.0. The molecule has 2 aliphatic rings. The van der Waals surface area contributed by atoms with Crippen molar-refractivity contribution in [2.45, 2.75) is 55.5 Å². The molecule has 26 heavy (non-hydrogen) atoms. The van der Waals surface area contributed by atoms with Gasteiger partial charge in [0, 0.05) is 12.3 Å². The molecular weight excluding hydrogens is 342 g/mol. The SMILES string of the molecule is CS(=O)(=O)c1cccc(C(NC2CCC23CCCC3)c2ccccc2)c1. The summed E-state index contributed by atoms with van der Waals surface area (Å²) in [6, 6.07) is 18.4. The predicted octanol–water partition coefficient (Wildman–Crippen LogP) is 4.49. The van der Waals surface area contributed by atoms with Crippen molar-refractivity contribution in [1.82, 2.24) is 5.32 Å². The second kappa shape index (κ2) is 6.82. The Labute approximate surface area is 156 Å². The summed E-state index contributed by atoms with van der Waals surface area (Å²) in [4.78, 5) is 0.391. The second-order valence-electron chi connectivity index (χ2n) is 8.02. The minimum atomic E-state index is -3.21. The number of nitrogens with one attached hydrogen (secondary N) is 1. The zero-order chi connectivity index (χ0) is 18.2. The minimum Gasteiger partial charge on any atom is -0.303 e. The van der Waals surface area contributed by atoms with Crippen LogP contribution < -0.4 is 5.32 Å². The van der Waals surface area contributed by atoms with Crippen molar-refractivity contribution in [3.05, 3.63) is 65.7 Å². The molecule has 2 fully saturated rings. The molecule has 2 aliphatic carbocycles. The Morgan fingerprint density at radius 2 is 1.65 bits per heavy atom. The van der Waals surface area contributed by atoms with Gasteiger partial charge >= 0.3 is 0 Å². The molecule has 4 rings (SSSR count). The van der Waals surface area contributed by atoms with Crippen LogP contribution in [0.25, 0.3) is 0 Å². The third-order valence-electron chi connectivity index (χ3n) is 6.39. The van der Waals surface area contributed by atoms with E-state index in [4.69, 9.17) is 0 Å². The first-order chi connectivity index (χ1) is 12.5. The first kappa shape index (κ1) is 17.7. The molecule has 3 nitrogen and oxygen atoms in total. The lowest BCUT2D eigenvalue weighted by Crippen LogP contribution is -2.53.